The van der Waals surface area contributed by atoms with Gasteiger partial charge in [-0.1, -0.05) is 0 Å². The molecule has 0 aliphatic rings. The van der Waals surface area contributed by atoms with Crippen LogP contribution in [-0.4, -0.2) is 44.1 Å². The third kappa shape index (κ3) is 24.8. The molecule has 0 aliphatic carbocycles. The summed E-state index contributed by atoms with van der Waals surface area (Å²) < 4.78 is 9.83. The fourth-order valence-corrected chi connectivity index (χ4v) is 0.701. The first-order chi connectivity index (χ1) is 6.69. The van der Waals surface area contributed by atoms with Gasteiger partial charge in [-0.3, -0.25) is 0 Å². The Bertz CT molecular complexity index is 187. The third-order valence-electron chi connectivity index (χ3n) is 1.23. The van der Waals surface area contributed by atoms with Crippen molar-refractivity contribution in [2.24, 2.45) is 0 Å². The Balaban J connectivity index is 0. The average Bonchev–Trinajstić information content (AvgIpc) is 2.02. The number of carbonyl (C=O) groups is 2. The van der Waals surface area contributed by atoms with E-state index in [1.54, 1.807) is 0 Å². The van der Waals surface area contributed by atoms with Crippen LogP contribution in [-0.2, 0) is 15.7 Å². The normalized spacial score (nSPS) is 10.0. The molecule has 6 heteroatoms. The summed E-state index contributed by atoms with van der Waals surface area (Å²) in [6, 6.07) is 0. The van der Waals surface area contributed by atoms with Gasteiger partial charge in [0.2, 0.25) is 0 Å². The van der Waals surface area contributed by atoms with Crippen LogP contribution in [0.15, 0.2) is 0 Å². The molecule has 0 aromatic carbocycles. The fourth-order valence-electron chi connectivity index (χ4n) is 0.104. The van der Waals surface area contributed by atoms with Gasteiger partial charge in [0.15, 0.2) is 0 Å². The first kappa shape index (κ1) is 17.0. The summed E-state index contributed by atoms with van der Waals surface area (Å²) in [6.45, 7) is 5.92. The topological polar surface area (TPSA) is 52.6 Å². The smallest absolute Gasteiger partial charge is 0.0751 e. The molecular formula is C9H20INO4. The Morgan fingerprint density at radius 2 is 1.33 bits per heavy atom. The molecule has 0 heterocycles. The van der Waals surface area contributed by atoms with Gasteiger partial charge in [0, 0.05) is 0 Å². The van der Waals surface area contributed by atoms with Crippen molar-refractivity contribution < 1.29 is 42.2 Å². The van der Waals surface area contributed by atoms with Gasteiger partial charge in [0.25, 0.3) is 0 Å². The van der Waals surface area contributed by atoms with Crippen molar-refractivity contribution in [1.29, 1.82) is 0 Å². The van der Waals surface area contributed by atoms with Crippen LogP contribution in [0.5, 0.6) is 0 Å². The monoisotopic (exact) mass is 333 g/mol. The van der Waals surface area contributed by atoms with Crippen LogP contribution in [0.4, 0.5) is 0 Å². The van der Waals surface area contributed by atoms with E-state index in [4.69, 9.17) is 0 Å². The molecule has 0 fully saturated rings. The van der Waals surface area contributed by atoms with E-state index in [1.165, 1.54) is 20.4 Å². The molecule has 0 bridgehead atoms. The maximum Gasteiger partial charge on any atom is 0.0751 e. The van der Waals surface area contributed by atoms with Crippen LogP contribution in [0.1, 0.15) is 20.8 Å². The predicted molar refractivity (Wildman–Crippen MR) is 52.1 cm³/mol. The number of rotatable bonds is 3. The molecule has 0 amide bonds. The summed E-state index contributed by atoms with van der Waals surface area (Å²) in [4.78, 5) is 20.1. The van der Waals surface area contributed by atoms with Crippen LogP contribution >= 0.6 is 0 Å². The Morgan fingerprint density at radius 1 is 1.07 bits per heavy atom. The molecule has 92 valence electrons. The zero-order chi connectivity index (χ0) is 12.5. The molecular weight excluding hydrogens is 313 g/mol. The van der Waals surface area contributed by atoms with Crippen molar-refractivity contribution in [1.82, 2.24) is 0 Å². The minimum atomic E-state index is -1.15. The number of quaternary nitrogens is 1. The summed E-state index contributed by atoms with van der Waals surface area (Å²) in [5.74, 6) is -0.826. The zero-order valence-electron chi connectivity index (χ0n) is 10.2. The Kier molecular flexibility index (Phi) is 10.1. The predicted octanol–water partition coefficient (Wildman–Crippen LogP) is -2.26. The molecule has 0 spiro atoms. The molecule has 0 N–H and O–H groups in total. The summed E-state index contributed by atoms with van der Waals surface area (Å²) >= 11 is -1.15. The second-order valence-corrected chi connectivity index (χ2v) is 5.05. The Hall–Kier alpha value is -0.370. The molecule has 0 unspecified atom stereocenters. The first-order valence-corrected chi connectivity index (χ1v) is 6.25. The van der Waals surface area contributed by atoms with Crippen molar-refractivity contribution in [2.45, 2.75) is 20.8 Å². The van der Waals surface area contributed by atoms with Gasteiger partial charge in [-0.25, -0.2) is 0 Å². The summed E-state index contributed by atoms with van der Waals surface area (Å²) in [5, 5.41) is 0. The molecule has 15 heavy (non-hydrogen) atoms. The van der Waals surface area contributed by atoms with E-state index in [9.17, 15) is 9.59 Å². The molecule has 0 atom stereocenters. The third-order valence-corrected chi connectivity index (χ3v) is 2.83. The van der Waals surface area contributed by atoms with Crippen LogP contribution in [0.2, 0.25) is 0 Å². The average molecular weight is 333 g/mol. The molecule has 0 saturated carbocycles. The van der Waals surface area contributed by atoms with E-state index in [2.05, 4.69) is 34.2 Å². The summed E-state index contributed by atoms with van der Waals surface area (Å²) in [6.07, 6.45) is 0. The summed E-state index contributed by atoms with van der Waals surface area (Å²) in [7, 11) is 6.54. The van der Waals surface area contributed by atoms with Crippen LogP contribution in [0, 0.1) is 0 Å². The van der Waals surface area contributed by atoms with Gasteiger partial charge >= 0.3 is 63.5 Å². The van der Waals surface area contributed by atoms with E-state index in [1.807, 2.05) is 0 Å². The van der Waals surface area contributed by atoms with Crippen LogP contribution in [0.3, 0.4) is 0 Å². The van der Waals surface area contributed by atoms with Crippen LogP contribution in [0.25, 0.3) is 0 Å². The minimum absolute atomic E-state index is 0.413. The van der Waals surface area contributed by atoms with Gasteiger partial charge in [0.1, 0.15) is 0 Å². The van der Waals surface area contributed by atoms with E-state index in [0.29, 0.717) is 0 Å². The fraction of sp³-hybridized carbons (Fsp3) is 0.778. The van der Waals surface area contributed by atoms with E-state index < -0.39 is 34.0 Å². The van der Waals surface area contributed by atoms with Gasteiger partial charge in [-0.15, -0.1) is 0 Å². The van der Waals surface area contributed by atoms with Gasteiger partial charge in [-0.05, 0) is 6.92 Å². The second-order valence-electron chi connectivity index (χ2n) is 3.81. The van der Waals surface area contributed by atoms with Gasteiger partial charge in [-0.2, -0.15) is 0 Å². The Morgan fingerprint density at radius 3 is 1.47 bits per heavy atom. The van der Waals surface area contributed by atoms with Crippen molar-refractivity contribution in [2.75, 3.05) is 27.7 Å². The molecule has 0 saturated heterocycles. The molecule has 0 aromatic heterocycles. The largest absolute Gasteiger partial charge is 0.331 e. The van der Waals surface area contributed by atoms with Gasteiger partial charge in [0.05, 0.1) is 27.7 Å². The maximum absolute atomic E-state index is 10.0. The van der Waals surface area contributed by atoms with E-state index in [0.717, 1.165) is 4.48 Å². The van der Waals surface area contributed by atoms with E-state index >= 15 is 0 Å². The summed E-state index contributed by atoms with van der Waals surface area (Å²) in [5.41, 5.74) is 0. The number of hydrogen-bond acceptors (Lipinski definition) is 4. The molecule has 0 aliphatic heterocycles. The molecule has 0 radical (unpaired) electrons. The first-order valence-electron chi connectivity index (χ1n) is 4.49. The number of hydrogen-bond donors (Lipinski definition) is 0. The standard InChI is InChI=1S/C5H14N.C4H6IO4/c1-5-6(2,3)4;1-3(6)8-5-9-4(2)7/h5H2,1-4H3;1-2H3/q+1;-1. The molecule has 0 rings (SSSR count). The van der Waals surface area contributed by atoms with Crippen molar-refractivity contribution in [3.63, 3.8) is 0 Å². The maximum atomic E-state index is 10.0. The molecule has 5 nitrogen and oxygen atoms in total. The number of carbonyl (C=O) groups excluding carboxylic acids is 2. The Labute approximate surface area is 103 Å². The van der Waals surface area contributed by atoms with Gasteiger partial charge < -0.3 is 4.48 Å². The van der Waals surface area contributed by atoms with Crippen molar-refractivity contribution in [3.05, 3.63) is 0 Å². The quantitative estimate of drug-likeness (QED) is 0.432. The number of halogens is 1. The number of nitrogens with zero attached hydrogens (tertiary/aromatic N) is 1. The molecule has 0 aromatic rings. The van der Waals surface area contributed by atoms with Crippen LogP contribution < -0.4 is 22.0 Å². The zero-order valence-corrected chi connectivity index (χ0v) is 12.3. The van der Waals surface area contributed by atoms with Crippen molar-refractivity contribution >= 4 is 11.9 Å². The SMILES string of the molecule is CC(=O)O[I-]OC(C)=O.CC[N+](C)(C)C. The second kappa shape index (κ2) is 8.90. The van der Waals surface area contributed by atoms with Crippen molar-refractivity contribution in [3.8, 4) is 0 Å². The van der Waals surface area contributed by atoms with E-state index in [-0.39, 0.29) is 0 Å². The minimum Gasteiger partial charge on any atom is -0.331 e.